The third kappa shape index (κ3) is 20.9. The van der Waals surface area contributed by atoms with Crippen LogP contribution in [-0.4, -0.2) is 249 Å². The van der Waals surface area contributed by atoms with Gasteiger partial charge in [-0.25, -0.2) is 4.39 Å². The van der Waals surface area contributed by atoms with E-state index in [0.29, 0.717) is 49.1 Å². The molecule has 5 rings (SSSR count). The molecule has 0 bridgehead atoms. The van der Waals surface area contributed by atoms with Crippen molar-refractivity contribution < 1.29 is 61.9 Å². The Morgan fingerprint density at radius 1 is 0.632 bits per heavy atom. The van der Waals surface area contributed by atoms with E-state index in [2.05, 4.69) is 49.8 Å². The van der Waals surface area contributed by atoms with E-state index < -0.39 is 156 Å². The Kier molecular flexibility index (Phi) is 30.1. The van der Waals surface area contributed by atoms with Crippen molar-refractivity contribution in [2.24, 2.45) is 29.6 Å². The molecule has 2 saturated carbocycles. The molecule has 534 valence electrons. The second kappa shape index (κ2) is 35.9. The van der Waals surface area contributed by atoms with E-state index in [1.165, 1.54) is 92.5 Å². The Hall–Kier alpha value is -6.14. The van der Waals surface area contributed by atoms with Gasteiger partial charge in [0.1, 0.15) is 66.1 Å². The van der Waals surface area contributed by atoms with Gasteiger partial charge in [-0.3, -0.25) is 57.5 Å². The summed E-state index contributed by atoms with van der Waals surface area (Å²) in [6, 6.07) is -11.1. The molecule has 3 aliphatic heterocycles. The second-order valence-electron chi connectivity index (χ2n) is 29.1. The number of amides is 12. The predicted octanol–water partition coefficient (Wildman–Crippen LogP) is 4.43. The number of hydrogen-bond acceptors (Lipinski definition) is 12. The quantitative estimate of drug-likeness (QED) is 0.120. The molecule has 0 aromatic rings. The van der Waals surface area contributed by atoms with E-state index in [-0.39, 0.29) is 81.6 Å². The van der Waals surface area contributed by atoms with E-state index in [1.54, 1.807) is 11.8 Å². The number of rotatable bonds is 12. The zero-order valence-corrected chi connectivity index (χ0v) is 61.5. The van der Waals surface area contributed by atoms with Crippen LogP contribution in [0, 0.1) is 41.9 Å². The summed E-state index contributed by atoms with van der Waals surface area (Å²) in [5.74, 6) is -6.45. The van der Waals surface area contributed by atoms with Crippen LogP contribution in [0.4, 0.5) is 4.39 Å². The first-order chi connectivity index (χ1) is 44.5. The molecular formula is C69H112FIN12O12. The molecule has 26 heteroatoms. The average molecular weight is 1450 g/mol. The molecule has 0 aromatic heterocycles. The molecule has 3 saturated heterocycles. The maximum atomic E-state index is 15.1. The fourth-order valence-electron chi connectivity index (χ4n) is 13.7. The van der Waals surface area contributed by atoms with Crippen molar-refractivity contribution in [1.82, 2.24) is 60.5 Å². The predicted molar refractivity (Wildman–Crippen MR) is 367 cm³/mol. The van der Waals surface area contributed by atoms with Gasteiger partial charge in [-0.2, -0.15) is 0 Å². The molecule has 5 fully saturated rings. The molecule has 12 amide bonds. The number of hydrogen-bond donors (Lipinski definition) is 4. The number of carbonyl (C=O) groups excluding carboxylic acids is 12. The Balaban J connectivity index is 1.61. The highest BCUT2D eigenvalue weighted by molar-refractivity contribution is 14.1. The van der Waals surface area contributed by atoms with E-state index >= 15 is 4.79 Å². The van der Waals surface area contributed by atoms with Crippen molar-refractivity contribution in [1.29, 1.82) is 0 Å². The Morgan fingerprint density at radius 3 is 1.83 bits per heavy atom. The van der Waals surface area contributed by atoms with Gasteiger partial charge >= 0.3 is 0 Å². The van der Waals surface area contributed by atoms with Crippen LogP contribution in [0.2, 0.25) is 0 Å². The van der Waals surface area contributed by atoms with Crippen LogP contribution in [0.15, 0.2) is 0 Å². The summed E-state index contributed by atoms with van der Waals surface area (Å²) in [7, 11) is 8.51. The summed E-state index contributed by atoms with van der Waals surface area (Å²) >= 11 is 2.37. The number of fused-ring (bicyclic) bond motifs is 1. The van der Waals surface area contributed by atoms with Crippen molar-refractivity contribution >= 4 is 93.5 Å². The Labute approximate surface area is 577 Å². The average Bonchev–Trinajstić information content (AvgIpc) is 0.743. The number of halogens is 2. The number of carbonyl (C=O) groups is 12. The van der Waals surface area contributed by atoms with Gasteiger partial charge < -0.3 is 60.5 Å². The fourth-order valence-corrected chi connectivity index (χ4v) is 14.9. The first-order valence-corrected chi connectivity index (χ1v) is 35.9. The van der Waals surface area contributed by atoms with Gasteiger partial charge in [0.25, 0.3) is 0 Å². The molecule has 0 radical (unpaired) electrons. The van der Waals surface area contributed by atoms with E-state index in [9.17, 15) is 57.1 Å². The van der Waals surface area contributed by atoms with Gasteiger partial charge in [0.05, 0.1) is 13.0 Å². The summed E-state index contributed by atoms with van der Waals surface area (Å²) in [6.07, 6.45) is 12.2. The summed E-state index contributed by atoms with van der Waals surface area (Å²) < 4.78 is 14.9. The zero-order valence-electron chi connectivity index (χ0n) is 59.3. The SMILES string of the molecule is C#CC[C@@H]1NC(=O)[C@H](CC2CCCC(I)C2)NC(=O)CN(C)C(=O)[C@H](CC2CCC(F)CC2)N(C)C(=O)[C@@H]2CCN2C(=O)[C@H](C)N(C)C(=O)[C@H]([C@@H](C)CC)NC(=O)[C@H](CC(C)C)N(C)C(=O)C[C@@H](C(=O)N2CCCCC2)N(C)C(=O)[C@H](CC(C)C)NC(=O)C(C)(C)N(C)C1=O. The number of alkyl halides is 2. The molecule has 0 aromatic carbocycles. The molecule has 5 aliphatic rings. The standard InChI is InChI=1S/C69H112FIN12O12/c1-17-23-49-63(90)81(16)69(9,10)68(95)74-51(34-41(3)4)62(89)79(14)55(66(93)82-31-20-19-21-32-82)39-57(85)78(13)53(35-42(5)6)60(87)75-58(43(7)18-2)67(94)77(12)44(8)61(88)83-33-30-52(83)65(92)80(15)54(38-45-26-28-47(70)29-27-45)64(91)76(11)40-56(84)72-50(59(86)73-49)37-46-24-22-25-48(71)36-46/h1,41-55,58H,18-40H2,2-16H3,(H,72,84)(H,73,86)(H,74,95)(H,75,87)/t43-,44-,45?,46?,47?,48?,49-,50-,51-,52-,53-,54-,55-,58-/m0/s1. The summed E-state index contributed by atoms with van der Waals surface area (Å²) in [5.41, 5.74) is -1.74. The lowest BCUT2D eigenvalue weighted by Crippen LogP contribution is -2.65. The van der Waals surface area contributed by atoms with Crippen LogP contribution in [0.5, 0.6) is 0 Å². The lowest BCUT2D eigenvalue weighted by Gasteiger charge is -2.45. The van der Waals surface area contributed by atoms with Crippen LogP contribution in [-0.2, 0) is 57.5 Å². The van der Waals surface area contributed by atoms with Gasteiger partial charge in [0.15, 0.2) is 0 Å². The highest BCUT2D eigenvalue weighted by Crippen LogP contribution is 2.34. The van der Waals surface area contributed by atoms with Crippen molar-refractivity contribution in [3.05, 3.63) is 0 Å². The number of terminal acetylenes is 1. The Bertz CT molecular complexity index is 2790. The maximum Gasteiger partial charge on any atom is 0.246 e. The minimum absolute atomic E-state index is 0.0174. The van der Waals surface area contributed by atoms with Crippen LogP contribution in [0.25, 0.3) is 0 Å². The van der Waals surface area contributed by atoms with Crippen molar-refractivity contribution in [3.63, 3.8) is 0 Å². The Morgan fingerprint density at radius 2 is 1.26 bits per heavy atom. The lowest BCUT2D eigenvalue weighted by atomic mass is 9.83. The van der Waals surface area contributed by atoms with Crippen molar-refractivity contribution in [3.8, 4) is 12.3 Å². The highest BCUT2D eigenvalue weighted by Gasteiger charge is 2.48. The maximum absolute atomic E-state index is 15.1. The van der Waals surface area contributed by atoms with E-state index in [0.717, 1.165) is 37.0 Å². The largest absolute Gasteiger partial charge is 0.343 e. The number of nitrogens with one attached hydrogen (secondary N) is 4. The van der Waals surface area contributed by atoms with E-state index in [4.69, 9.17) is 6.42 Å². The molecule has 2 aliphatic carbocycles. The van der Waals surface area contributed by atoms with Crippen LogP contribution >= 0.6 is 22.6 Å². The number of likely N-dealkylation sites (N-methyl/N-ethyl adjacent to an activating group) is 6. The molecule has 24 nitrogen and oxygen atoms in total. The topological polar surface area (TPSA) is 279 Å². The van der Waals surface area contributed by atoms with Crippen molar-refractivity contribution in [2.75, 3.05) is 68.5 Å². The molecule has 3 heterocycles. The zero-order chi connectivity index (χ0) is 71.1. The van der Waals surface area contributed by atoms with Gasteiger partial charge in [-0.05, 0) is 140 Å². The number of nitrogens with zero attached hydrogens (tertiary/aromatic N) is 8. The van der Waals surface area contributed by atoms with Crippen LogP contribution < -0.4 is 21.3 Å². The van der Waals surface area contributed by atoms with Crippen LogP contribution in [0.3, 0.4) is 0 Å². The van der Waals surface area contributed by atoms with Gasteiger partial charge in [-0.15, -0.1) is 12.3 Å². The first-order valence-electron chi connectivity index (χ1n) is 34.7. The molecular weight excluding hydrogens is 1330 g/mol. The molecule has 2 unspecified atom stereocenters. The summed E-state index contributed by atoms with van der Waals surface area (Å²) in [4.78, 5) is 188. The third-order valence-corrected chi connectivity index (χ3v) is 21.9. The highest BCUT2D eigenvalue weighted by atomic mass is 127. The van der Waals surface area contributed by atoms with Crippen LogP contribution in [0.1, 0.15) is 184 Å². The minimum Gasteiger partial charge on any atom is -0.343 e. The molecule has 12 atom stereocenters. The van der Waals surface area contributed by atoms with Gasteiger partial charge in [0.2, 0.25) is 70.9 Å². The summed E-state index contributed by atoms with van der Waals surface area (Å²) in [6.45, 7) is 15.8. The van der Waals surface area contributed by atoms with Gasteiger partial charge in [0, 0.05) is 72.3 Å². The monoisotopic (exact) mass is 1450 g/mol. The molecule has 95 heavy (non-hydrogen) atoms. The first kappa shape index (κ1) is 79.5. The second-order valence-corrected chi connectivity index (χ2v) is 30.9. The minimum atomic E-state index is -1.74. The molecule has 0 spiro atoms. The number of piperidine rings is 1. The smallest absolute Gasteiger partial charge is 0.246 e. The molecule has 4 N–H and O–H groups in total. The van der Waals surface area contributed by atoms with Crippen molar-refractivity contribution in [2.45, 2.75) is 254 Å². The normalized spacial score (nSPS) is 30.9. The summed E-state index contributed by atoms with van der Waals surface area (Å²) in [5, 5.41) is 11.4. The third-order valence-electron chi connectivity index (χ3n) is 20.7. The van der Waals surface area contributed by atoms with Gasteiger partial charge in [-0.1, -0.05) is 83.4 Å². The fraction of sp³-hybridized carbons (Fsp3) is 0.797. The lowest BCUT2D eigenvalue weighted by molar-refractivity contribution is -0.160. The van der Waals surface area contributed by atoms with E-state index in [1.807, 2.05) is 34.6 Å². The number of likely N-dealkylation sites (tertiary alicyclic amines) is 1.